The number of likely N-dealkylation sites (N-methyl/N-ethyl adjacent to an activating group) is 1. The molecule has 0 saturated carbocycles. The molecule has 1 N–H and O–H groups in total. The van der Waals surface area contributed by atoms with Gasteiger partial charge in [0.2, 0.25) is 12.1 Å². The Morgan fingerprint density at radius 1 is 1.59 bits per heavy atom. The van der Waals surface area contributed by atoms with Crippen LogP contribution in [-0.2, 0) is 4.74 Å². The molecule has 1 fully saturated rings. The number of benzene rings is 1. The molecular formula is C10H9N3O3S. The van der Waals surface area contributed by atoms with Crippen LogP contribution >= 0.6 is 12.2 Å². The Balaban J connectivity index is 2.35. The Labute approximate surface area is 102 Å². The molecule has 88 valence electrons. The summed E-state index contributed by atoms with van der Waals surface area (Å²) in [4.78, 5) is 12.1. The van der Waals surface area contributed by atoms with Crippen molar-refractivity contribution in [3.05, 3.63) is 39.9 Å². The van der Waals surface area contributed by atoms with Crippen molar-refractivity contribution in [3.63, 3.8) is 0 Å². The maximum Gasteiger partial charge on any atom is 0.269 e. The van der Waals surface area contributed by atoms with E-state index in [9.17, 15) is 10.1 Å². The first-order chi connectivity index (χ1) is 8.00. The van der Waals surface area contributed by atoms with Crippen molar-refractivity contribution in [2.24, 2.45) is 0 Å². The fourth-order valence-corrected chi connectivity index (χ4v) is 1.74. The van der Waals surface area contributed by atoms with Gasteiger partial charge in [-0.2, -0.15) is 0 Å². The molecule has 1 aliphatic rings. The van der Waals surface area contributed by atoms with E-state index in [2.05, 4.69) is 0 Å². The molecule has 1 aromatic carbocycles. The summed E-state index contributed by atoms with van der Waals surface area (Å²) in [6.45, 7) is 0. The third-order valence-corrected chi connectivity index (χ3v) is 2.94. The van der Waals surface area contributed by atoms with Gasteiger partial charge in [-0.25, -0.2) is 0 Å². The topological polar surface area (TPSA) is 79.5 Å². The van der Waals surface area contributed by atoms with Gasteiger partial charge < -0.3 is 9.64 Å². The quantitative estimate of drug-likeness (QED) is 0.493. The molecule has 1 aliphatic heterocycles. The first-order valence-corrected chi connectivity index (χ1v) is 5.18. The second-order valence-corrected chi connectivity index (χ2v) is 3.95. The molecule has 6 nitrogen and oxygen atoms in total. The molecule has 0 aromatic heterocycles. The summed E-state index contributed by atoms with van der Waals surface area (Å²) < 4.78 is 5.25. The number of rotatable bonds is 2. The number of nitrogens with zero attached hydrogens (tertiary/aromatic N) is 2. The lowest BCUT2D eigenvalue weighted by atomic mass is 10.1. The number of nitro benzene ring substituents is 1. The Morgan fingerprint density at radius 2 is 2.29 bits per heavy atom. The van der Waals surface area contributed by atoms with E-state index in [1.165, 1.54) is 12.1 Å². The highest BCUT2D eigenvalue weighted by Crippen LogP contribution is 2.29. The van der Waals surface area contributed by atoms with Crippen LogP contribution < -0.4 is 0 Å². The van der Waals surface area contributed by atoms with Gasteiger partial charge in [0.1, 0.15) is 0 Å². The summed E-state index contributed by atoms with van der Waals surface area (Å²) >= 11 is 4.97. The van der Waals surface area contributed by atoms with Crippen LogP contribution in [0.2, 0.25) is 0 Å². The molecule has 1 heterocycles. The molecule has 1 atom stereocenters. The van der Waals surface area contributed by atoms with Crippen LogP contribution in [0.25, 0.3) is 0 Å². The minimum absolute atomic E-state index is 0.0103. The Morgan fingerprint density at radius 3 is 2.82 bits per heavy atom. The van der Waals surface area contributed by atoms with Crippen LogP contribution in [0.5, 0.6) is 0 Å². The lowest BCUT2D eigenvalue weighted by Gasteiger charge is -2.18. The molecule has 1 aromatic rings. The second kappa shape index (κ2) is 4.10. The lowest BCUT2D eigenvalue weighted by molar-refractivity contribution is -0.385. The SMILES string of the molecule is CN1C(=S)C(=N)OC1c1cccc([N+](=O)[O-])c1. The predicted molar refractivity (Wildman–Crippen MR) is 65.0 cm³/mol. The van der Waals surface area contributed by atoms with E-state index in [1.807, 2.05) is 0 Å². The monoisotopic (exact) mass is 251 g/mol. The van der Waals surface area contributed by atoms with E-state index in [0.717, 1.165) is 0 Å². The molecule has 1 saturated heterocycles. The Bertz CT molecular complexity index is 517. The van der Waals surface area contributed by atoms with Crippen molar-refractivity contribution in [2.45, 2.75) is 6.23 Å². The van der Waals surface area contributed by atoms with Crippen LogP contribution in [0.15, 0.2) is 24.3 Å². The van der Waals surface area contributed by atoms with Gasteiger partial charge in [-0.15, -0.1) is 0 Å². The first kappa shape index (κ1) is 11.5. The largest absolute Gasteiger partial charge is 0.447 e. The summed E-state index contributed by atoms with van der Waals surface area (Å²) in [5.74, 6) is -0.0843. The molecule has 2 rings (SSSR count). The van der Waals surface area contributed by atoms with Gasteiger partial charge in [0.15, 0.2) is 4.99 Å². The Hall–Kier alpha value is -2.02. The second-order valence-electron chi connectivity index (χ2n) is 3.57. The van der Waals surface area contributed by atoms with E-state index < -0.39 is 11.2 Å². The molecule has 0 radical (unpaired) electrons. The Kier molecular flexibility index (Phi) is 2.76. The zero-order chi connectivity index (χ0) is 12.6. The van der Waals surface area contributed by atoms with Gasteiger partial charge in [0.05, 0.1) is 4.92 Å². The summed E-state index contributed by atoms with van der Waals surface area (Å²) in [7, 11) is 1.69. The van der Waals surface area contributed by atoms with Crippen LogP contribution in [0, 0.1) is 15.5 Å². The van der Waals surface area contributed by atoms with Gasteiger partial charge in [0, 0.05) is 24.7 Å². The highest BCUT2D eigenvalue weighted by atomic mass is 32.1. The zero-order valence-electron chi connectivity index (χ0n) is 8.91. The fraction of sp³-hybridized carbons (Fsp3) is 0.200. The number of hydrogen-bond donors (Lipinski definition) is 1. The highest BCUT2D eigenvalue weighted by molar-refractivity contribution is 7.82. The molecule has 7 heteroatoms. The van der Waals surface area contributed by atoms with E-state index in [-0.39, 0.29) is 11.6 Å². The highest BCUT2D eigenvalue weighted by Gasteiger charge is 2.33. The van der Waals surface area contributed by atoms with E-state index in [1.54, 1.807) is 24.1 Å². The third kappa shape index (κ3) is 1.96. The molecule has 0 bridgehead atoms. The van der Waals surface area contributed by atoms with Crippen molar-refractivity contribution in [2.75, 3.05) is 7.05 Å². The maximum atomic E-state index is 10.7. The minimum atomic E-state index is -0.560. The van der Waals surface area contributed by atoms with Gasteiger partial charge in [-0.3, -0.25) is 15.5 Å². The number of ether oxygens (including phenoxy) is 1. The lowest BCUT2D eigenvalue weighted by Crippen LogP contribution is -2.23. The number of non-ortho nitro benzene ring substituents is 1. The number of hydrogen-bond acceptors (Lipinski definition) is 5. The normalized spacial score (nSPS) is 19.4. The van der Waals surface area contributed by atoms with Gasteiger partial charge >= 0.3 is 0 Å². The summed E-state index contributed by atoms with van der Waals surface area (Å²) in [5, 5.41) is 18.1. The fourth-order valence-electron chi connectivity index (χ4n) is 1.59. The number of nitrogens with one attached hydrogen (secondary N) is 1. The molecule has 0 amide bonds. The molecule has 0 spiro atoms. The average Bonchev–Trinajstić information content (AvgIpc) is 2.57. The summed E-state index contributed by atoms with van der Waals surface area (Å²) in [6, 6.07) is 6.11. The van der Waals surface area contributed by atoms with Crippen molar-refractivity contribution < 1.29 is 9.66 Å². The van der Waals surface area contributed by atoms with Gasteiger partial charge in [0.25, 0.3) is 5.69 Å². The average molecular weight is 251 g/mol. The van der Waals surface area contributed by atoms with Crippen molar-refractivity contribution in [1.82, 2.24) is 4.90 Å². The van der Waals surface area contributed by atoms with E-state index in [4.69, 9.17) is 22.4 Å². The number of nitro groups is 1. The van der Waals surface area contributed by atoms with Crippen molar-refractivity contribution in [1.29, 1.82) is 5.41 Å². The van der Waals surface area contributed by atoms with E-state index >= 15 is 0 Å². The zero-order valence-corrected chi connectivity index (χ0v) is 9.73. The standard InChI is InChI=1S/C10H9N3O3S/c1-12-9(16-8(11)10(12)17)6-3-2-4-7(5-6)13(14)15/h2-5,9,11H,1H3. The first-order valence-electron chi connectivity index (χ1n) is 4.77. The maximum absolute atomic E-state index is 10.7. The molecular weight excluding hydrogens is 242 g/mol. The summed E-state index contributed by atoms with van der Waals surface area (Å²) in [5.41, 5.74) is 0.593. The minimum Gasteiger partial charge on any atom is -0.447 e. The van der Waals surface area contributed by atoms with Gasteiger partial charge in [-0.1, -0.05) is 24.4 Å². The van der Waals surface area contributed by atoms with E-state index in [0.29, 0.717) is 10.6 Å². The van der Waals surface area contributed by atoms with Crippen LogP contribution in [0.1, 0.15) is 11.8 Å². The van der Waals surface area contributed by atoms with Crippen LogP contribution in [-0.4, -0.2) is 27.8 Å². The van der Waals surface area contributed by atoms with Crippen LogP contribution in [0.3, 0.4) is 0 Å². The van der Waals surface area contributed by atoms with Crippen molar-refractivity contribution in [3.8, 4) is 0 Å². The number of thiocarbonyl (C=S) groups is 1. The molecule has 0 aliphatic carbocycles. The third-order valence-electron chi connectivity index (χ3n) is 2.46. The van der Waals surface area contributed by atoms with Crippen molar-refractivity contribution >= 4 is 28.8 Å². The summed E-state index contributed by atoms with van der Waals surface area (Å²) in [6.07, 6.45) is -0.560. The molecule has 1 unspecified atom stereocenters. The van der Waals surface area contributed by atoms with Gasteiger partial charge in [-0.05, 0) is 0 Å². The molecule has 17 heavy (non-hydrogen) atoms. The predicted octanol–water partition coefficient (Wildman–Crippen LogP) is 1.86. The smallest absolute Gasteiger partial charge is 0.269 e. The van der Waals surface area contributed by atoms with Crippen LogP contribution in [0.4, 0.5) is 5.69 Å².